The lowest BCUT2D eigenvalue weighted by atomic mass is 9.99. The molecule has 0 radical (unpaired) electrons. The van der Waals surface area contributed by atoms with Crippen molar-refractivity contribution in [3.05, 3.63) is 34.4 Å². The van der Waals surface area contributed by atoms with Gasteiger partial charge in [-0.05, 0) is 0 Å². The van der Waals surface area contributed by atoms with E-state index in [1.807, 2.05) is 6.08 Å². The Labute approximate surface area is 103 Å². The van der Waals surface area contributed by atoms with Crippen LogP contribution in [0.3, 0.4) is 0 Å². The van der Waals surface area contributed by atoms with Crippen molar-refractivity contribution in [3.8, 4) is 0 Å². The van der Waals surface area contributed by atoms with Gasteiger partial charge in [0.1, 0.15) is 16.5 Å². The maximum absolute atomic E-state index is 11.8. The standard InChI is InChI=1S/C11H12ClN3O2/c1-2-11-6-14-9(5-8(12)13-10(14)16)15(11)3-4-17-7-11/h2,5H,1,3-4,6-7H2. The largest absolute Gasteiger partial charge is 0.377 e. The Kier molecular flexibility index (Phi) is 2.27. The van der Waals surface area contributed by atoms with Crippen LogP contribution in [0.2, 0.25) is 5.15 Å². The summed E-state index contributed by atoms with van der Waals surface area (Å²) >= 11 is 5.84. The molecule has 6 heteroatoms. The molecule has 1 aromatic rings. The van der Waals surface area contributed by atoms with Crippen molar-refractivity contribution >= 4 is 17.4 Å². The van der Waals surface area contributed by atoms with Crippen molar-refractivity contribution in [2.45, 2.75) is 12.1 Å². The van der Waals surface area contributed by atoms with Gasteiger partial charge in [0.15, 0.2) is 0 Å². The van der Waals surface area contributed by atoms with Gasteiger partial charge >= 0.3 is 5.69 Å². The lowest BCUT2D eigenvalue weighted by Crippen LogP contribution is -2.54. The van der Waals surface area contributed by atoms with Gasteiger partial charge in [-0.15, -0.1) is 6.58 Å². The molecular weight excluding hydrogens is 242 g/mol. The SMILES string of the molecule is C=CC12COCCN1c1cc(Cl)nc(=O)n1C2. The van der Waals surface area contributed by atoms with E-state index in [2.05, 4.69) is 16.5 Å². The molecule has 1 atom stereocenters. The fourth-order valence-corrected chi connectivity index (χ4v) is 2.70. The summed E-state index contributed by atoms with van der Waals surface area (Å²) in [7, 11) is 0. The molecule has 90 valence electrons. The highest BCUT2D eigenvalue weighted by Gasteiger charge is 2.44. The van der Waals surface area contributed by atoms with Gasteiger partial charge in [0.25, 0.3) is 0 Å². The van der Waals surface area contributed by atoms with Crippen LogP contribution in [-0.2, 0) is 11.3 Å². The average Bonchev–Trinajstić information content (AvgIpc) is 2.65. The van der Waals surface area contributed by atoms with Crippen LogP contribution in [0, 0.1) is 0 Å². The highest BCUT2D eigenvalue weighted by molar-refractivity contribution is 6.29. The highest BCUT2D eigenvalue weighted by atomic mass is 35.5. The van der Waals surface area contributed by atoms with Crippen LogP contribution in [-0.4, -0.2) is 34.8 Å². The first-order chi connectivity index (χ1) is 8.16. The van der Waals surface area contributed by atoms with E-state index >= 15 is 0 Å². The van der Waals surface area contributed by atoms with Gasteiger partial charge in [-0.2, -0.15) is 4.98 Å². The van der Waals surface area contributed by atoms with Crippen molar-refractivity contribution in [3.63, 3.8) is 0 Å². The maximum Gasteiger partial charge on any atom is 0.350 e. The summed E-state index contributed by atoms with van der Waals surface area (Å²) in [5.74, 6) is 0.804. The van der Waals surface area contributed by atoms with E-state index in [4.69, 9.17) is 16.3 Å². The predicted molar refractivity (Wildman–Crippen MR) is 64.6 cm³/mol. The zero-order valence-electron chi connectivity index (χ0n) is 9.23. The fourth-order valence-electron chi connectivity index (χ4n) is 2.53. The summed E-state index contributed by atoms with van der Waals surface area (Å²) in [4.78, 5) is 17.7. The molecule has 0 amide bonds. The minimum Gasteiger partial charge on any atom is -0.377 e. The molecule has 0 aromatic carbocycles. The summed E-state index contributed by atoms with van der Waals surface area (Å²) in [5, 5.41) is 0.229. The molecule has 0 spiro atoms. The number of hydrogen-bond acceptors (Lipinski definition) is 4. The Bertz CT molecular complexity index is 542. The normalized spacial score (nSPS) is 26.5. The van der Waals surface area contributed by atoms with Gasteiger partial charge in [-0.25, -0.2) is 4.79 Å². The summed E-state index contributed by atoms with van der Waals surface area (Å²) in [5.41, 5.74) is -0.653. The Balaban J connectivity index is 2.19. The van der Waals surface area contributed by atoms with Crippen LogP contribution >= 0.6 is 11.6 Å². The van der Waals surface area contributed by atoms with E-state index in [-0.39, 0.29) is 16.4 Å². The molecule has 1 unspecified atom stereocenters. The predicted octanol–water partition coefficient (Wildman–Crippen LogP) is 0.672. The van der Waals surface area contributed by atoms with Crippen molar-refractivity contribution in [1.82, 2.24) is 9.55 Å². The molecule has 1 fully saturated rings. The minimum absolute atomic E-state index is 0.229. The summed E-state index contributed by atoms with van der Waals surface area (Å²) in [6.45, 7) is 6.29. The van der Waals surface area contributed by atoms with Crippen molar-refractivity contribution in [1.29, 1.82) is 0 Å². The molecule has 3 rings (SSSR count). The number of hydrogen-bond donors (Lipinski definition) is 0. The van der Waals surface area contributed by atoms with Gasteiger partial charge < -0.3 is 9.64 Å². The number of anilines is 1. The van der Waals surface area contributed by atoms with Crippen LogP contribution in [0.4, 0.5) is 5.82 Å². The summed E-state index contributed by atoms with van der Waals surface area (Å²) < 4.78 is 7.12. The second-order valence-corrected chi connectivity index (χ2v) is 4.70. The zero-order valence-corrected chi connectivity index (χ0v) is 9.98. The molecule has 3 heterocycles. The van der Waals surface area contributed by atoms with Crippen LogP contribution in [0.1, 0.15) is 0 Å². The van der Waals surface area contributed by atoms with Crippen molar-refractivity contribution in [2.75, 3.05) is 24.7 Å². The number of fused-ring (bicyclic) bond motifs is 3. The Hall–Kier alpha value is -1.33. The quantitative estimate of drug-likeness (QED) is 0.545. The molecule has 2 aliphatic heterocycles. The fraction of sp³-hybridized carbons (Fsp3) is 0.455. The number of morpholine rings is 1. The van der Waals surface area contributed by atoms with Crippen molar-refractivity contribution in [2.24, 2.45) is 0 Å². The minimum atomic E-state index is -0.337. The first-order valence-corrected chi connectivity index (χ1v) is 5.80. The summed E-state index contributed by atoms with van der Waals surface area (Å²) in [6.07, 6.45) is 1.84. The molecule has 0 N–H and O–H groups in total. The van der Waals surface area contributed by atoms with E-state index in [1.165, 1.54) is 0 Å². The third-order valence-electron chi connectivity index (χ3n) is 3.40. The smallest absolute Gasteiger partial charge is 0.350 e. The second-order valence-electron chi connectivity index (χ2n) is 4.32. The van der Waals surface area contributed by atoms with Gasteiger partial charge in [0.2, 0.25) is 0 Å². The number of rotatable bonds is 1. The molecular formula is C11H12ClN3O2. The molecule has 17 heavy (non-hydrogen) atoms. The van der Waals surface area contributed by atoms with E-state index in [9.17, 15) is 4.79 Å². The number of nitrogens with zero attached hydrogens (tertiary/aromatic N) is 3. The molecule has 5 nitrogen and oxygen atoms in total. The van der Waals surface area contributed by atoms with Gasteiger partial charge in [0.05, 0.1) is 19.8 Å². The number of halogens is 1. The van der Waals surface area contributed by atoms with E-state index in [1.54, 1.807) is 10.6 Å². The molecule has 2 aliphatic rings. The van der Waals surface area contributed by atoms with Crippen LogP contribution in [0.15, 0.2) is 23.5 Å². The first-order valence-electron chi connectivity index (χ1n) is 5.43. The Morgan fingerprint density at radius 1 is 1.65 bits per heavy atom. The summed E-state index contributed by atoms with van der Waals surface area (Å²) in [6, 6.07) is 1.72. The van der Waals surface area contributed by atoms with E-state index < -0.39 is 0 Å². The zero-order chi connectivity index (χ0) is 12.0. The van der Waals surface area contributed by atoms with E-state index in [0.717, 1.165) is 12.4 Å². The molecule has 0 saturated carbocycles. The van der Waals surface area contributed by atoms with Gasteiger partial charge in [-0.1, -0.05) is 17.7 Å². The Morgan fingerprint density at radius 2 is 2.47 bits per heavy atom. The van der Waals surface area contributed by atoms with Gasteiger partial charge in [-0.3, -0.25) is 4.57 Å². The van der Waals surface area contributed by atoms with Crippen LogP contribution in [0.5, 0.6) is 0 Å². The first kappa shape index (κ1) is 10.8. The van der Waals surface area contributed by atoms with Crippen LogP contribution < -0.4 is 10.6 Å². The topological polar surface area (TPSA) is 47.4 Å². The maximum atomic E-state index is 11.8. The third-order valence-corrected chi connectivity index (χ3v) is 3.59. The molecule has 1 saturated heterocycles. The molecule has 0 bridgehead atoms. The van der Waals surface area contributed by atoms with Crippen LogP contribution in [0.25, 0.3) is 0 Å². The number of aromatic nitrogens is 2. The highest BCUT2D eigenvalue weighted by Crippen LogP contribution is 2.36. The molecule has 1 aromatic heterocycles. The average molecular weight is 254 g/mol. The lowest BCUT2D eigenvalue weighted by Gasteiger charge is -2.40. The lowest BCUT2D eigenvalue weighted by molar-refractivity contribution is 0.0700. The number of ether oxygens (including phenoxy) is 1. The van der Waals surface area contributed by atoms with Crippen molar-refractivity contribution < 1.29 is 4.74 Å². The Morgan fingerprint density at radius 3 is 3.24 bits per heavy atom. The van der Waals surface area contributed by atoms with Gasteiger partial charge in [0, 0.05) is 12.6 Å². The van der Waals surface area contributed by atoms with E-state index in [0.29, 0.717) is 19.8 Å². The monoisotopic (exact) mass is 253 g/mol. The third kappa shape index (κ3) is 1.42. The second kappa shape index (κ2) is 3.58. The molecule has 0 aliphatic carbocycles.